The lowest BCUT2D eigenvalue weighted by atomic mass is 10.2. The molecule has 1 amide bonds. The molecule has 0 aliphatic carbocycles. The Balaban J connectivity index is 2.48. The number of ether oxygens (including phenoxy) is 1. The van der Waals surface area contributed by atoms with Crippen LogP contribution < -0.4 is 10.6 Å². The van der Waals surface area contributed by atoms with Crippen LogP contribution in [0.15, 0.2) is 12.3 Å². The first-order valence-electron chi connectivity index (χ1n) is 7.75. The van der Waals surface area contributed by atoms with Crippen LogP contribution in [0.5, 0.6) is 0 Å². The van der Waals surface area contributed by atoms with Crippen molar-refractivity contribution >= 4 is 11.6 Å². The van der Waals surface area contributed by atoms with Crippen LogP contribution in [-0.2, 0) is 4.74 Å². The van der Waals surface area contributed by atoms with Gasteiger partial charge in [0.25, 0.3) is 5.91 Å². The molecule has 0 saturated carbocycles. The fraction of sp³-hybridized carbons (Fsp3) is 0.625. The number of aryl methyl sites for hydroxylation is 1. The van der Waals surface area contributed by atoms with Gasteiger partial charge in [0, 0.05) is 38.2 Å². The largest absolute Gasteiger partial charge is 0.384 e. The van der Waals surface area contributed by atoms with E-state index in [4.69, 9.17) is 4.74 Å². The van der Waals surface area contributed by atoms with Crippen LogP contribution in [0.4, 0.5) is 5.69 Å². The molecule has 5 heteroatoms. The molecule has 1 aromatic heterocycles. The highest BCUT2D eigenvalue weighted by molar-refractivity contribution is 5.99. The minimum Gasteiger partial charge on any atom is -0.384 e. The summed E-state index contributed by atoms with van der Waals surface area (Å²) in [7, 11) is 0. The van der Waals surface area contributed by atoms with Gasteiger partial charge in [-0.3, -0.25) is 9.78 Å². The average Bonchev–Trinajstić information content (AvgIpc) is 2.48. The molecule has 1 rings (SSSR count). The summed E-state index contributed by atoms with van der Waals surface area (Å²) in [5.41, 5.74) is 2.35. The molecule has 1 aromatic rings. The third-order valence-electron chi connectivity index (χ3n) is 2.95. The van der Waals surface area contributed by atoms with Gasteiger partial charge in [-0.05, 0) is 32.3 Å². The second-order valence-corrected chi connectivity index (χ2v) is 5.02. The lowest BCUT2D eigenvalue weighted by molar-refractivity contribution is 0.0942. The lowest BCUT2D eigenvalue weighted by Gasteiger charge is -2.12. The molecule has 0 unspecified atom stereocenters. The summed E-state index contributed by atoms with van der Waals surface area (Å²) in [4.78, 5) is 16.4. The fourth-order valence-corrected chi connectivity index (χ4v) is 1.86. The predicted molar refractivity (Wildman–Crippen MR) is 85.8 cm³/mol. The number of hydrogen-bond acceptors (Lipinski definition) is 4. The molecule has 1 heterocycles. The number of hydrogen-bond donors (Lipinski definition) is 2. The third kappa shape index (κ3) is 6.58. The van der Waals surface area contributed by atoms with Crippen molar-refractivity contribution in [1.29, 1.82) is 0 Å². The summed E-state index contributed by atoms with van der Waals surface area (Å²) >= 11 is 0. The first-order chi connectivity index (χ1) is 10.2. The van der Waals surface area contributed by atoms with Crippen LogP contribution in [-0.4, -0.2) is 37.2 Å². The minimum atomic E-state index is -0.0865. The molecule has 118 valence electrons. The SMILES string of the molecule is CCCNc1cc(C)ncc1C(=O)NCCCOCCC. The van der Waals surface area contributed by atoms with Crippen molar-refractivity contribution in [3.8, 4) is 0 Å². The Morgan fingerprint density at radius 1 is 1.24 bits per heavy atom. The molecule has 0 aromatic carbocycles. The number of rotatable bonds is 10. The van der Waals surface area contributed by atoms with Crippen LogP contribution in [0.25, 0.3) is 0 Å². The molecule has 0 bridgehead atoms. The van der Waals surface area contributed by atoms with Crippen molar-refractivity contribution in [1.82, 2.24) is 10.3 Å². The van der Waals surface area contributed by atoms with E-state index >= 15 is 0 Å². The first kappa shape index (κ1) is 17.4. The number of nitrogens with one attached hydrogen (secondary N) is 2. The van der Waals surface area contributed by atoms with Gasteiger partial charge < -0.3 is 15.4 Å². The van der Waals surface area contributed by atoms with Crippen LogP contribution >= 0.6 is 0 Å². The summed E-state index contributed by atoms with van der Waals surface area (Å²) in [6, 6.07) is 1.91. The van der Waals surface area contributed by atoms with E-state index in [1.54, 1.807) is 6.20 Å². The standard InChI is InChI=1S/C16H27N3O2/c1-4-7-17-15-11-13(3)19-12-14(15)16(20)18-8-6-10-21-9-5-2/h11-12H,4-10H2,1-3H3,(H,17,19)(H,18,20). The third-order valence-corrected chi connectivity index (χ3v) is 2.95. The highest BCUT2D eigenvalue weighted by Gasteiger charge is 2.11. The zero-order chi connectivity index (χ0) is 15.5. The van der Waals surface area contributed by atoms with Crippen LogP contribution in [0.2, 0.25) is 0 Å². The summed E-state index contributed by atoms with van der Waals surface area (Å²) < 4.78 is 5.39. The van der Waals surface area contributed by atoms with Gasteiger partial charge in [0.15, 0.2) is 0 Å². The Morgan fingerprint density at radius 2 is 2.05 bits per heavy atom. The maximum absolute atomic E-state index is 12.2. The van der Waals surface area contributed by atoms with Crippen LogP contribution in [0, 0.1) is 6.92 Å². The summed E-state index contributed by atoms with van der Waals surface area (Å²) in [5, 5.41) is 6.19. The number of anilines is 1. The fourth-order valence-electron chi connectivity index (χ4n) is 1.86. The highest BCUT2D eigenvalue weighted by Crippen LogP contribution is 2.15. The molecule has 0 aliphatic heterocycles. The number of amides is 1. The highest BCUT2D eigenvalue weighted by atomic mass is 16.5. The maximum atomic E-state index is 12.2. The van der Waals surface area contributed by atoms with E-state index in [0.717, 1.165) is 43.8 Å². The lowest BCUT2D eigenvalue weighted by Crippen LogP contribution is -2.26. The van der Waals surface area contributed by atoms with E-state index in [9.17, 15) is 4.79 Å². The summed E-state index contributed by atoms with van der Waals surface area (Å²) in [6.45, 7) is 9.01. The van der Waals surface area contributed by atoms with Gasteiger partial charge in [0.2, 0.25) is 0 Å². The second-order valence-electron chi connectivity index (χ2n) is 5.02. The number of carbonyl (C=O) groups excluding carboxylic acids is 1. The predicted octanol–water partition coefficient (Wildman–Crippen LogP) is 2.76. The topological polar surface area (TPSA) is 63.2 Å². The van der Waals surface area contributed by atoms with Gasteiger partial charge in [0.05, 0.1) is 11.3 Å². The number of pyridine rings is 1. The van der Waals surface area contributed by atoms with Crippen molar-refractivity contribution in [2.45, 2.75) is 40.0 Å². The molecule has 0 radical (unpaired) electrons. The molecule has 0 spiro atoms. The maximum Gasteiger partial charge on any atom is 0.254 e. The van der Waals surface area contributed by atoms with Gasteiger partial charge in [-0.15, -0.1) is 0 Å². The summed E-state index contributed by atoms with van der Waals surface area (Å²) in [5.74, 6) is -0.0865. The zero-order valence-corrected chi connectivity index (χ0v) is 13.4. The van der Waals surface area contributed by atoms with E-state index in [1.165, 1.54) is 0 Å². The Bertz CT molecular complexity index is 436. The first-order valence-corrected chi connectivity index (χ1v) is 7.75. The minimum absolute atomic E-state index is 0.0865. The van der Waals surface area contributed by atoms with E-state index in [0.29, 0.717) is 18.7 Å². The Labute approximate surface area is 127 Å². The molecule has 0 aliphatic rings. The molecule has 5 nitrogen and oxygen atoms in total. The Kier molecular flexibility index (Phi) is 8.43. The smallest absolute Gasteiger partial charge is 0.254 e. The van der Waals surface area contributed by atoms with Crippen molar-refractivity contribution in [3.63, 3.8) is 0 Å². The normalized spacial score (nSPS) is 10.4. The van der Waals surface area contributed by atoms with Gasteiger partial charge >= 0.3 is 0 Å². The van der Waals surface area contributed by atoms with E-state index in [2.05, 4.69) is 29.5 Å². The monoisotopic (exact) mass is 293 g/mol. The van der Waals surface area contributed by atoms with E-state index in [-0.39, 0.29) is 5.91 Å². The van der Waals surface area contributed by atoms with Gasteiger partial charge in [0.1, 0.15) is 0 Å². The quantitative estimate of drug-likeness (QED) is 0.651. The average molecular weight is 293 g/mol. The zero-order valence-electron chi connectivity index (χ0n) is 13.4. The van der Waals surface area contributed by atoms with Gasteiger partial charge in [-0.25, -0.2) is 0 Å². The number of aromatic nitrogens is 1. The van der Waals surface area contributed by atoms with Crippen LogP contribution in [0.1, 0.15) is 49.2 Å². The molecular weight excluding hydrogens is 266 g/mol. The molecule has 0 fully saturated rings. The number of carbonyl (C=O) groups is 1. The second kappa shape index (κ2) is 10.2. The van der Waals surface area contributed by atoms with Crippen molar-refractivity contribution < 1.29 is 9.53 Å². The molecule has 0 atom stereocenters. The van der Waals surface area contributed by atoms with Gasteiger partial charge in [-0.1, -0.05) is 13.8 Å². The Morgan fingerprint density at radius 3 is 2.76 bits per heavy atom. The number of nitrogens with zero attached hydrogens (tertiary/aromatic N) is 1. The van der Waals surface area contributed by atoms with Crippen molar-refractivity contribution in [3.05, 3.63) is 23.5 Å². The summed E-state index contributed by atoms with van der Waals surface area (Å²) in [6.07, 6.45) is 4.49. The van der Waals surface area contributed by atoms with Gasteiger partial charge in [-0.2, -0.15) is 0 Å². The molecule has 21 heavy (non-hydrogen) atoms. The molecular formula is C16H27N3O2. The van der Waals surface area contributed by atoms with E-state index in [1.807, 2.05) is 13.0 Å². The van der Waals surface area contributed by atoms with Crippen LogP contribution in [0.3, 0.4) is 0 Å². The van der Waals surface area contributed by atoms with Crippen molar-refractivity contribution in [2.75, 3.05) is 31.6 Å². The van der Waals surface area contributed by atoms with Crippen molar-refractivity contribution in [2.24, 2.45) is 0 Å². The molecule has 2 N–H and O–H groups in total. The van der Waals surface area contributed by atoms with E-state index < -0.39 is 0 Å². The Hall–Kier alpha value is -1.62. The molecule has 0 saturated heterocycles.